The smallest absolute Gasteiger partial charge is 0.251 e. The van der Waals surface area contributed by atoms with Gasteiger partial charge in [0.15, 0.2) is 0 Å². The molecule has 1 fully saturated rings. The molecule has 4 nitrogen and oxygen atoms in total. The second-order valence-electron chi connectivity index (χ2n) is 6.19. The van der Waals surface area contributed by atoms with E-state index in [1.54, 1.807) is 4.90 Å². The van der Waals surface area contributed by atoms with Crippen LogP contribution in [0.25, 0.3) is 0 Å². The number of aryl methyl sites for hydroxylation is 2. The summed E-state index contributed by atoms with van der Waals surface area (Å²) in [7, 11) is 0. The summed E-state index contributed by atoms with van der Waals surface area (Å²) >= 11 is 0. The van der Waals surface area contributed by atoms with E-state index in [0.717, 1.165) is 17.7 Å². The highest BCUT2D eigenvalue weighted by Gasteiger charge is 2.33. The SMILES string of the molecule is CCc1ccc(C(=O)NC2CCN(c3ccc(C)cc3)C2=O)cc1. The van der Waals surface area contributed by atoms with Gasteiger partial charge in [0, 0.05) is 17.8 Å². The van der Waals surface area contributed by atoms with Crippen molar-refractivity contribution in [2.75, 3.05) is 11.4 Å². The summed E-state index contributed by atoms with van der Waals surface area (Å²) in [4.78, 5) is 26.7. The van der Waals surface area contributed by atoms with Gasteiger partial charge in [0.05, 0.1) is 0 Å². The first-order valence-electron chi connectivity index (χ1n) is 8.36. The van der Waals surface area contributed by atoms with Gasteiger partial charge in [0.25, 0.3) is 5.91 Å². The van der Waals surface area contributed by atoms with E-state index >= 15 is 0 Å². The molecule has 0 spiro atoms. The summed E-state index contributed by atoms with van der Waals surface area (Å²) in [6.07, 6.45) is 1.57. The van der Waals surface area contributed by atoms with E-state index in [2.05, 4.69) is 12.2 Å². The Bertz CT molecular complexity index is 735. The van der Waals surface area contributed by atoms with Crippen molar-refractivity contribution in [1.29, 1.82) is 0 Å². The molecule has 1 aliphatic heterocycles. The van der Waals surface area contributed by atoms with Crippen LogP contribution in [0, 0.1) is 6.92 Å². The predicted octanol–water partition coefficient (Wildman–Crippen LogP) is 3.09. The molecule has 0 radical (unpaired) electrons. The van der Waals surface area contributed by atoms with Gasteiger partial charge < -0.3 is 10.2 Å². The minimum absolute atomic E-state index is 0.0441. The van der Waals surface area contributed by atoms with E-state index in [1.165, 1.54) is 5.56 Å². The van der Waals surface area contributed by atoms with Gasteiger partial charge in [-0.1, -0.05) is 36.8 Å². The number of nitrogens with one attached hydrogen (secondary N) is 1. The Morgan fingerprint density at radius 3 is 2.42 bits per heavy atom. The number of amides is 2. The molecule has 124 valence electrons. The molecule has 0 aromatic heterocycles. The number of hydrogen-bond acceptors (Lipinski definition) is 2. The average molecular weight is 322 g/mol. The maximum absolute atomic E-state index is 12.6. The first kappa shape index (κ1) is 16.2. The Labute approximate surface area is 142 Å². The third kappa shape index (κ3) is 3.32. The average Bonchev–Trinajstić information content (AvgIpc) is 2.96. The molecule has 4 heteroatoms. The minimum atomic E-state index is -0.454. The molecule has 24 heavy (non-hydrogen) atoms. The van der Waals surface area contributed by atoms with Crippen molar-refractivity contribution in [1.82, 2.24) is 5.32 Å². The number of hydrogen-bond donors (Lipinski definition) is 1. The highest BCUT2D eigenvalue weighted by atomic mass is 16.2. The molecular formula is C20H22N2O2. The molecule has 0 bridgehead atoms. The van der Waals surface area contributed by atoms with Crippen molar-refractivity contribution < 1.29 is 9.59 Å². The van der Waals surface area contributed by atoms with Crippen LogP contribution < -0.4 is 10.2 Å². The van der Waals surface area contributed by atoms with Gasteiger partial charge in [0.2, 0.25) is 5.91 Å². The van der Waals surface area contributed by atoms with E-state index in [9.17, 15) is 9.59 Å². The maximum Gasteiger partial charge on any atom is 0.251 e. The van der Waals surface area contributed by atoms with E-state index in [4.69, 9.17) is 0 Å². The third-order valence-corrected chi connectivity index (χ3v) is 4.48. The van der Waals surface area contributed by atoms with Crippen molar-refractivity contribution in [3.05, 3.63) is 65.2 Å². The summed E-state index contributed by atoms with van der Waals surface area (Å²) in [6.45, 7) is 4.72. The lowest BCUT2D eigenvalue weighted by atomic mass is 10.1. The van der Waals surface area contributed by atoms with Crippen LogP contribution in [0.3, 0.4) is 0 Å². The van der Waals surface area contributed by atoms with Crippen molar-refractivity contribution in [2.45, 2.75) is 32.7 Å². The van der Waals surface area contributed by atoms with Gasteiger partial charge >= 0.3 is 0 Å². The van der Waals surface area contributed by atoms with Gasteiger partial charge in [0.1, 0.15) is 6.04 Å². The van der Waals surface area contributed by atoms with Crippen molar-refractivity contribution in [2.24, 2.45) is 0 Å². The zero-order valence-electron chi connectivity index (χ0n) is 14.1. The third-order valence-electron chi connectivity index (χ3n) is 4.48. The Morgan fingerprint density at radius 2 is 1.79 bits per heavy atom. The van der Waals surface area contributed by atoms with E-state index in [0.29, 0.717) is 18.5 Å². The second-order valence-corrected chi connectivity index (χ2v) is 6.19. The molecule has 1 atom stereocenters. The van der Waals surface area contributed by atoms with Gasteiger partial charge in [-0.05, 0) is 49.6 Å². The topological polar surface area (TPSA) is 49.4 Å². The molecule has 1 N–H and O–H groups in total. The Morgan fingerprint density at radius 1 is 1.12 bits per heavy atom. The first-order valence-corrected chi connectivity index (χ1v) is 8.36. The molecule has 2 aromatic rings. The monoisotopic (exact) mass is 322 g/mol. The summed E-state index contributed by atoms with van der Waals surface area (Å²) in [6, 6.07) is 14.9. The van der Waals surface area contributed by atoms with Gasteiger partial charge in [-0.2, -0.15) is 0 Å². The van der Waals surface area contributed by atoms with Crippen LogP contribution in [0.4, 0.5) is 5.69 Å². The molecule has 1 unspecified atom stereocenters. The largest absolute Gasteiger partial charge is 0.340 e. The zero-order valence-corrected chi connectivity index (χ0v) is 14.1. The number of carbonyl (C=O) groups is 2. The highest BCUT2D eigenvalue weighted by molar-refractivity contribution is 6.03. The van der Waals surface area contributed by atoms with Gasteiger partial charge in [-0.25, -0.2) is 0 Å². The number of anilines is 1. The second kappa shape index (κ2) is 6.87. The fraction of sp³-hybridized carbons (Fsp3) is 0.300. The van der Waals surface area contributed by atoms with E-state index in [-0.39, 0.29) is 11.8 Å². The lowest BCUT2D eigenvalue weighted by Gasteiger charge is -2.17. The summed E-state index contributed by atoms with van der Waals surface area (Å²) in [5.41, 5.74) is 3.82. The first-order chi connectivity index (χ1) is 11.6. The standard InChI is InChI=1S/C20H22N2O2/c1-3-15-6-8-16(9-7-15)19(23)21-18-12-13-22(20(18)24)17-10-4-14(2)5-11-17/h4-11,18H,3,12-13H2,1-2H3,(H,21,23). The van der Waals surface area contributed by atoms with Crippen LogP contribution in [0.2, 0.25) is 0 Å². The van der Waals surface area contributed by atoms with Crippen LogP contribution >= 0.6 is 0 Å². The minimum Gasteiger partial charge on any atom is -0.340 e. The Balaban J connectivity index is 1.66. The Hall–Kier alpha value is -2.62. The van der Waals surface area contributed by atoms with Gasteiger partial charge in [-0.3, -0.25) is 9.59 Å². The van der Waals surface area contributed by atoms with Gasteiger partial charge in [-0.15, -0.1) is 0 Å². The van der Waals surface area contributed by atoms with Crippen molar-refractivity contribution >= 4 is 17.5 Å². The quantitative estimate of drug-likeness (QED) is 0.940. The fourth-order valence-electron chi connectivity index (χ4n) is 2.93. The van der Waals surface area contributed by atoms with Crippen LogP contribution in [0.5, 0.6) is 0 Å². The number of rotatable bonds is 4. The van der Waals surface area contributed by atoms with E-state index in [1.807, 2.05) is 55.5 Å². The molecule has 3 rings (SSSR count). The summed E-state index contributed by atoms with van der Waals surface area (Å²) in [5, 5.41) is 2.86. The molecule has 2 amide bonds. The van der Waals surface area contributed by atoms with E-state index < -0.39 is 6.04 Å². The molecule has 0 aliphatic carbocycles. The summed E-state index contributed by atoms with van der Waals surface area (Å²) in [5.74, 6) is -0.237. The molecule has 1 aliphatic rings. The highest BCUT2D eigenvalue weighted by Crippen LogP contribution is 2.22. The van der Waals surface area contributed by atoms with Crippen molar-refractivity contribution in [3.8, 4) is 0 Å². The maximum atomic E-state index is 12.6. The normalized spacial score (nSPS) is 17.2. The lowest BCUT2D eigenvalue weighted by molar-refractivity contribution is -0.118. The number of carbonyl (C=O) groups excluding carboxylic acids is 2. The van der Waals surface area contributed by atoms with Crippen LogP contribution in [0.15, 0.2) is 48.5 Å². The summed E-state index contributed by atoms with van der Waals surface area (Å²) < 4.78 is 0. The number of benzene rings is 2. The molecule has 1 heterocycles. The predicted molar refractivity (Wildman–Crippen MR) is 95.2 cm³/mol. The van der Waals surface area contributed by atoms with Crippen LogP contribution in [-0.4, -0.2) is 24.4 Å². The molecule has 2 aromatic carbocycles. The lowest BCUT2D eigenvalue weighted by Crippen LogP contribution is -2.41. The fourth-order valence-corrected chi connectivity index (χ4v) is 2.93. The van der Waals surface area contributed by atoms with Crippen LogP contribution in [0.1, 0.15) is 34.8 Å². The molecular weight excluding hydrogens is 300 g/mol. The Kier molecular flexibility index (Phi) is 4.65. The molecule has 0 saturated carbocycles. The van der Waals surface area contributed by atoms with Crippen LogP contribution in [-0.2, 0) is 11.2 Å². The number of nitrogens with zero attached hydrogens (tertiary/aromatic N) is 1. The zero-order chi connectivity index (χ0) is 17.1. The van der Waals surface area contributed by atoms with Crippen molar-refractivity contribution in [3.63, 3.8) is 0 Å². The molecule has 1 saturated heterocycles.